The summed E-state index contributed by atoms with van der Waals surface area (Å²) >= 11 is 0. The highest BCUT2D eigenvalue weighted by Gasteiger charge is 2.16. The highest BCUT2D eigenvalue weighted by atomic mass is 35.5. The number of likely N-dealkylation sites (tertiary alicyclic amines) is 1. The predicted octanol–water partition coefficient (Wildman–Crippen LogP) is 4.29. The summed E-state index contributed by atoms with van der Waals surface area (Å²) in [6.45, 7) is 2.25. The van der Waals surface area contributed by atoms with Gasteiger partial charge in [0.05, 0.1) is 0 Å². The predicted molar refractivity (Wildman–Crippen MR) is 109 cm³/mol. The van der Waals surface area contributed by atoms with Crippen molar-refractivity contribution in [2.75, 3.05) is 30.8 Å². The summed E-state index contributed by atoms with van der Waals surface area (Å²) in [7, 11) is 2.16. The second-order valence-corrected chi connectivity index (χ2v) is 6.12. The molecule has 0 atom stereocenters. The Kier molecular flexibility index (Phi) is 8.76. The molecule has 0 aliphatic carbocycles. The monoisotopic (exact) mass is 381 g/mol. The van der Waals surface area contributed by atoms with Crippen LogP contribution in [-0.2, 0) is 0 Å². The summed E-state index contributed by atoms with van der Waals surface area (Å²) in [6.07, 6.45) is 2.30. The molecule has 3 rings (SSSR count). The summed E-state index contributed by atoms with van der Waals surface area (Å²) in [6, 6.07) is 17.7. The van der Waals surface area contributed by atoms with E-state index in [0.29, 0.717) is 11.6 Å². The lowest BCUT2D eigenvalue weighted by atomic mass is 10.1. The van der Waals surface area contributed by atoms with Gasteiger partial charge in [0, 0.05) is 23.0 Å². The van der Waals surface area contributed by atoms with Crippen molar-refractivity contribution in [3.63, 3.8) is 0 Å². The molecule has 0 unspecified atom stereocenters. The van der Waals surface area contributed by atoms with E-state index in [-0.39, 0.29) is 30.7 Å². The molecule has 0 saturated carbocycles. The lowest BCUT2D eigenvalue weighted by molar-refractivity contribution is 0.102. The lowest BCUT2D eigenvalue weighted by Gasteiger charge is -2.30. The Hall–Kier alpha value is -1.75. The van der Waals surface area contributed by atoms with E-state index in [0.717, 1.165) is 37.3 Å². The molecule has 2 N–H and O–H groups in total. The summed E-state index contributed by atoms with van der Waals surface area (Å²) < 4.78 is 0. The van der Waals surface area contributed by atoms with E-state index < -0.39 is 0 Å². The van der Waals surface area contributed by atoms with E-state index in [1.807, 2.05) is 48.5 Å². The number of anilines is 2. The Balaban J connectivity index is 0.00000156. The van der Waals surface area contributed by atoms with Gasteiger partial charge in [-0.2, -0.15) is 0 Å². The van der Waals surface area contributed by atoms with Crippen LogP contribution in [0.25, 0.3) is 0 Å². The lowest BCUT2D eigenvalue weighted by Crippen LogP contribution is -2.36. The smallest absolute Gasteiger partial charge is 0.255 e. The van der Waals surface area contributed by atoms with Crippen LogP contribution in [0.1, 0.15) is 23.2 Å². The van der Waals surface area contributed by atoms with Crippen LogP contribution in [0.4, 0.5) is 11.4 Å². The van der Waals surface area contributed by atoms with Gasteiger partial charge in [0.25, 0.3) is 5.91 Å². The van der Waals surface area contributed by atoms with Crippen molar-refractivity contribution in [3.8, 4) is 0 Å². The Bertz CT molecular complexity index is 659. The number of halogens is 2. The number of hydrogen-bond donors (Lipinski definition) is 2. The van der Waals surface area contributed by atoms with Crippen LogP contribution in [0.3, 0.4) is 0 Å². The van der Waals surface area contributed by atoms with Crippen molar-refractivity contribution < 1.29 is 4.79 Å². The molecule has 25 heavy (non-hydrogen) atoms. The fourth-order valence-electron chi connectivity index (χ4n) is 2.87. The van der Waals surface area contributed by atoms with Crippen LogP contribution in [0.5, 0.6) is 0 Å². The summed E-state index contributed by atoms with van der Waals surface area (Å²) in [5.74, 6) is -0.0814. The number of amides is 1. The van der Waals surface area contributed by atoms with E-state index in [4.69, 9.17) is 0 Å². The Morgan fingerprint density at radius 2 is 1.60 bits per heavy atom. The van der Waals surface area contributed by atoms with Crippen LogP contribution in [0.15, 0.2) is 54.6 Å². The van der Waals surface area contributed by atoms with E-state index in [9.17, 15) is 4.79 Å². The van der Waals surface area contributed by atoms with Gasteiger partial charge in [0.15, 0.2) is 0 Å². The molecule has 1 saturated heterocycles. The van der Waals surface area contributed by atoms with Gasteiger partial charge >= 0.3 is 0 Å². The van der Waals surface area contributed by atoms with Gasteiger partial charge in [0.1, 0.15) is 0 Å². The standard InChI is InChI=1S/C19H23N3O.2ClH/c1-22-12-10-16(11-13-22)20-17-8-5-9-18(14-17)21-19(23)15-6-3-2-4-7-15;;/h2-9,14,16,20H,10-13H2,1H3,(H,21,23);2*1H. The van der Waals surface area contributed by atoms with Gasteiger partial charge in [-0.15, -0.1) is 24.8 Å². The van der Waals surface area contributed by atoms with E-state index >= 15 is 0 Å². The molecule has 0 bridgehead atoms. The van der Waals surface area contributed by atoms with Crippen molar-refractivity contribution in [2.24, 2.45) is 0 Å². The Morgan fingerprint density at radius 1 is 0.960 bits per heavy atom. The molecule has 2 aromatic carbocycles. The molecule has 0 radical (unpaired) electrons. The quantitative estimate of drug-likeness (QED) is 0.829. The number of piperidine rings is 1. The third-order valence-corrected chi connectivity index (χ3v) is 4.25. The fraction of sp³-hybridized carbons (Fsp3) is 0.316. The number of carbonyl (C=O) groups excluding carboxylic acids is 1. The van der Waals surface area contributed by atoms with Crippen molar-refractivity contribution in [2.45, 2.75) is 18.9 Å². The van der Waals surface area contributed by atoms with Crippen molar-refractivity contribution >= 4 is 42.1 Å². The average Bonchev–Trinajstić information content (AvgIpc) is 2.58. The number of nitrogens with zero attached hydrogens (tertiary/aromatic N) is 1. The minimum Gasteiger partial charge on any atom is -0.382 e. The van der Waals surface area contributed by atoms with Crippen molar-refractivity contribution in [3.05, 3.63) is 60.2 Å². The zero-order chi connectivity index (χ0) is 16.1. The van der Waals surface area contributed by atoms with Crippen molar-refractivity contribution in [1.82, 2.24) is 4.90 Å². The number of benzene rings is 2. The second kappa shape index (κ2) is 10.3. The Labute approximate surface area is 161 Å². The van der Waals surface area contributed by atoms with Crippen LogP contribution in [-0.4, -0.2) is 37.0 Å². The van der Waals surface area contributed by atoms with Crippen LogP contribution in [0.2, 0.25) is 0 Å². The maximum absolute atomic E-state index is 12.2. The molecule has 1 heterocycles. The van der Waals surface area contributed by atoms with E-state index in [1.165, 1.54) is 0 Å². The molecule has 1 fully saturated rings. The molecular formula is C19H25Cl2N3O. The van der Waals surface area contributed by atoms with Gasteiger partial charge in [-0.3, -0.25) is 4.79 Å². The van der Waals surface area contributed by atoms with Crippen LogP contribution < -0.4 is 10.6 Å². The molecule has 0 aromatic heterocycles. The molecule has 1 amide bonds. The first-order valence-electron chi connectivity index (χ1n) is 8.12. The van der Waals surface area contributed by atoms with Gasteiger partial charge in [0.2, 0.25) is 0 Å². The van der Waals surface area contributed by atoms with Crippen LogP contribution in [0, 0.1) is 0 Å². The van der Waals surface area contributed by atoms with Gasteiger partial charge in [-0.25, -0.2) is 0 Å². The summed E-state index contributed by atoms with van der Waals surface area (Å²) in [4.78, 5) is 14.6. The largest absolute Gasteiger partial charge is 0.382 e. The zero-order valence-electron chi connectivity index (χ0n) is 14.3. The van der Waals surface area contributed by atoms with Gasteiger partial charge < -0.3 is 15.5 Å². The molecule has 1 aliphatic rings. The number of carbonyl (C=O) groups is 1. The first-order valence-corrected chi connectivity index (χ1v) is 8.12. The fourth-order valence-corrected chi connectivity index (χ4v) is 2.87. The molecule has 6 heteroatoms. The second-order valence-electron chi connectivity index (χ2n) is 6.12. The first-order chi connectivity index (χ1) is 11.2. The first kappa shape index (κ1) is 21.3. The zero-order valence-corrected chi connectivity index (χ0v) is 15.9. The molecule has 1 aliphatic heterocycles. The highest BCUT2D eigenvalue weighted by Crippen LogP contribution is 2.20. The SMILES string of the molecule is CN1CCC(Nc2cccc(NC(=O)c3ccccc3)c2)CC1.Cl.Cl. The molecular weight excluding hydrogens is 357 g/mol. The normalized spacial score (nSPS) is 14.8. The molecule has 0 spiro atoms. The number of hydrogen-bond acceptors (Lipinski definition) is 3. The average molecular weight is 382 g/mol. The minimum atomic E-state index is -0.0814. The van der Waals surface area contributed by atoms with E-state index in [1.54, 1.807) is 0 Å². The maximum atomic E-state index is 12.2. The van der Waals surface area contributed by atoms with Crippen molar-refractivity contribution in [1.29, 1.82) is 0 Å². The number of nitrogens with one attached hydrogen (secondary N) is 2. The molecule has 136 valence electrons. The van der Waals surface area contributed by atoms with Gasteiger partial charge in [-0.1, -0.05) is 24.3 Å². The number of rotatable bonds is 4. The minimum absolute atomic E-state index is 0. The van der Waals surface area contributed by atoms with E-state index in [2.05, 4.69) is 28.6 Å². The summed E-state index contributed by atoms with van der Waals surface area (Å²) in [5, 5.41) is 6.53. The highest BCUT2D eigenvalue weighted by molar-refractivity contribution is 6.04. The van der Waals surface area contributed by atoms with Gasteiger partial charge in [-0.05, 0) is 63.3 Å². The maximum Gasteiger partial charge on any atom is 0.255 e. The topological polar surface area (TPSA) is 44.4 Å². The third kappa shape index (κ3) is 6.24. The third-order valence-electron chi connectivity index (χ3n) is 4.25. The summed E-state index contributed by atoms with van der Waals surface area (Å²) in [5.41, 5.74) is 2.54. The van der Waals surface area contributed by atoms with Crippen LogP contribution >= 0.6 is 24.8 Å². The molecule has 4 nitrogen and oxygen atoms in total. The Morgan fingerprint density at radius 3 is 2.28 bits per heavy atom. The molecule has 2 aromatic rings.